The molecule has 0 heterocycles. The molecule has 5 nitrogen and oxygen atoms in total. The highest BCUT2D eigenvalue weighted by molar-refractivity contribution is 7.89. The van der Waals surface area contributed by atoms with Crippen molar-refractivity contribution < 1.29 is 17.5 Å². The minimum absolute atomic E-state index is 0.0615. The van der Waals surface area contributed by atoms with Gasteiger partial charge in [-0.3, -0.25) is 0 Å². The summed E-state index contributed by atoms with van der Waals surface area (Å²) in [5.74, 6) is -0.566. The molecule has 0 aromatic heterocycles. The Morgan fingerprint density at radius 3 is 2.57 bits per heavy atom. The summed E-state index contributed by atoms with van der Waals surface area (Å²) in [6, 6.07) is 2.68. The molecule has 1 fully saturated rings. The molecule has 7 heteroatoms. The summed E-state index contributed by atoms with van der Waals surface area (Å²) in [5, 5.41) is 0. The highest BCUT2D eigenvalue weighted by Gasteiger charge is 2.38. The second-order valence-electron chi connectivity index (χ2n) is 5.47. The van der Waals surface area contributed by atoms with Gasteiger partial charge in [-0.25, -0.2) is 17.5 Å². The third kappa shape index (κ3) is 3.26. The topological polar surface area (TPSA) is 81.4 Å². The molecule has 1 saturated carbocycles. The zero-order chi connectivity index (χ0) is 15.7. The first-order valence-electron chi connectivity index (χ1n) is 6.87. The minimum atomic E-state index is -3.79. The number of halogens is 1. The monoisotopic (exact) mass is 316 g/mol. The number of hydrogen-bond acceptors (Lipinski definition) is 4. The molecule has 1 aliphatic rings. The fraction of sp³-hybridized carbons (Fsp3) is 0.571. The van der Waals surface area contributed by atoms with Gasteiger partial charge >= 0.3 is 0 Å². The highest BCUT2D eigenvalue weighted by Crippen LogP contribution is 2.34. The normalized spacial score (nSPS) is 17.5. The Balaban J connectivity index is 2.25. The molecule has 1 aromatic carbocycles. The molecular formula is C14H21FN2O3S. The second-order valence-corrected chi connectivity index (χ2v) is 7.21. The lowest BCUT2D eigenvalue weighted by Gasteiger charge is -2.40. The van der Waals surface area contributed by atoms with Gasteiger partial charge in [0.1, 0.15) is 5.82 Å². The van der Waals surface area contributed by atoms with Crippen LogP contribution in [0.3, 0.4) is 0 Å². The summed E-state index contributed by atoms with van der Waals surface area (Å²) in [7, 11) is -2.21. The van der Waals surface area contributed by atoms with E-state index in [1.165, 1.54) is 19.1 Å². The first-order valence-corrected chi connectivity index (χ1v) is 8.36. The largest absolute Gasteiger partial charge is 0.377 e. The van der Waals surface area contributed by atoms with Gasteiger partial charge < -0.3 is 10.5 Å². The number of methoxy groups -OCH3 is 1. The quantitative estimate of drug-likeness (QED) is 0.832. The Bertz CT molecular complexity index is 622. The molecule has 0 amide bonds. The number of nitrogens with one attached hydrogen (secondary N) is 1. The van der Waals surface area contributed by atoms with Crippen LogP contribution in [0.1, 0.15) is 30.4 Å². The van der Waals surface area contributed by atoms with Crippen molar-refractivity contribution in [1.82, 2.24) is 4.72 Å². The van der Waals surface area contributed by atoms with Crippen LogP contribution in [-0.2, 0) is 21.3 Å². The van der Waals surface area contributed by atoms with Crippen LogP contribution in [-0.4, -0.2) is 27.7 Å². The average molecular weight is 316 g/mol. The van der Waals surface area contributed by atoms with Gasteiger partial charge in [-0.2, -0.15) is 0 Å². The summed E-state index contributed by atoms with van der Waals surface area (Å²) in [6.07, 6.45) is 2.66. The van der Waals surface area contributed by atoms with Gasteiger partial charge in [0.15, 0.2) is 0 Å². The van der Waals surface area contributed by atoms with Crippen molar-refractivity contribution in [3.8, 4) is 0 Å². The third-order valence-corrected chi connectivity index (χ3v) is 5.69. The average Bonchev–Trinajstić information content (AvgIpc) is 2.40. The molecule has 118 valence electrons. The number of hydrogen-bond donors (Lipinski definition) is 2. The van der Waals surface area contributed by atoms with E-state index in [0.717, 1.165) is 19.3 Å². The second kappa shape index (κ2) is 6.00. The van der Waals surface area contributed by atoms with Gasteiger partial charge in [0, 0.05) is 25.8 Å². The molecule has 2 rings (SSSR count). The lowest BCUT2D eigenvalue weighted by Crippen LogP contribution is -2.49. The molecule has 0 atom stereocenters. The van der Waals surface area contributed by atoms with Crippen molar-refractivity contribution in [1.29, 1.82) is 0 Å². The van der Waals surface area contributed by atoms with Gasteiger partial charge in [-0.05, 0) is 43.9 Å². The Morgan fingerprint density at radius 1 is 1.43 bits per heavy atom. The van der Waals surface area contributed by atoms with Gasteiger partial charge in [0.25, 0.3) is 0 Å². The van der Waals surface area contributed by atoms with Crippen molar-refractivity contribution in [2.75, 3.05) is 13.7 Å². The molecule has 0 aliphatic heterocycles. The van der Waals surface area contributed by atoms with E-state index in [0.29, 0.717) is 5.56 Å². The Kier molecular flexibility index (Phi) is 4.67. The number of ether oxygens (including phenoxy) is 1. The van der Waals surface area contributed by atoms with Crippen molar-refractivity contribution in [3.05, 3.63) is 29.1 Å². The van der Waals surface area contributed by atoms with Crippen molar-refractivity contribution in [2.45, 2.75) is 43.2 Å². The van der Waals surface area contributed by atoms with Crippen LogP contribution in [0.15, 0.2) is 17.0 Å². The molecule has 0 unspecified atom stereocenters. The molecule has 3 N–H and O–H groups in total. The third-order valence-electron chi connectivity index (χ3n) is 4.16. The summed E-state index contributed by atoms with van der Waals surface area (Å²) in [4.78, 5) is -0.0615. The molecular weight excluding hydrogens is 295 g/mol. The fourth-order valence-electron chi connectivity index (χ4n) is 2.43. The minimum Gasteiger partial charge on any atom is -0.377 e. The van der Waals surface area contributed by atoms with Crippen LogP contribution in [0.5, 0.6) is 0 Å². The summed E-state index contributed by atoms with van der Waals surface area (Å²) in [5.41, 5.74) is 5.59. The molecule has 1 aliphatic carbocycles. The van der Waals surface area contributed by atoms with E-state index in [1.807, 2.05) is 0 Å². The maximum atomic E-state index is 13.8. The molecule has 21 heavy (non-hydrogen) atoms. The number of benzene rings is 1. The number of nitrogens with two attached hydrogens (primary N) is 1. The molecule has 0 bridgehead atoms. The molecule has 0 saturated heterocycles. The van der Waals surface area contributed by atoms with Crippen LogP contribution in [0.4, 0.5) is 4.39 Å². The molecule has 1 aromatic rings. The van der Waals surface area contributed by atoms with E-state index in [-0.39, 0.29) is 23.5 Å². The zero-order valence-electron chi connectivity index (χ0n) is 12.3. The SMILES string of the molecule is COC1(CNS(=O)(=O)c2cc(CN)cc(F)c2C)CCC1. The Morgan fingerprint density at radius 2 is 2.10 bits per heavy atom. The van der Waals surface area contributed by atoms with E-state index >= 15 is 0 Å². The summed E-state index contributed by atoms with van der Waals surface area (Å²) >= 11 is 0. The van der Waals surface area contributed by atoms with Crippen LogP contribution in [0.25, 0.3) is 0 Å². The molecule has 0 radical (unpaired) electrons. The lowest BCUT2D eigenvalue weighted by molar-refractivity contribution is -0.0659. The maximum Gasteiger partial charge on any atom is 0.241 e. The lowest BCUT2D eigenvalue weighted by atomic mass is 9.80. The predicted molar refractivity (Wildman–Crippen MR) is 77.8 cm³/mol. The van der Waals surface area contributed by atoms with Crippen molar-refractivity contribution in [2.24, 2.45) is 5.73 Å². The number of sulfonamides is 1. The van der Waals surface area contributed by atoms with Crippen LogP contribution >= 0.6 is 0 Å². The fourth-order valence-corrected chi connectivity index (χ4v) is 3.85. The number of rotatable bonds is 6. The van der Waals surface area contributed by atoms with Crippen LogP contribution in [0.2, 0.25) is 0 Å². The summed E-state index contributed by atoms with van der Waals surface area (Å²) < 4.78 is 46.5. The van der Waals surface area contributed by atoms with Gasteiger partial charge in [0.05, 0.1) is 10.5 Å². The van der Waals surface area contributed by atoms with Gasteiger partial charge in [-0.15, -0.1) is 0 Å². The van der Waals surface area contributed by atoms with Crippen LogP contribution in [0, 0.1) is 12.7 Å². The Labute approximate surface area is 124 Å². The first kappa shape index (κ1) is 16.4. The van der Waals surface area contributed by atoms with E-state index in [1.54, 1.807) is 7.11 Å². The van der Waals surface area contributed by atoms with E-state index in [9.17, 15) is 12.8 Å². The van der Waals surface area contributed by atoms with Crippen LogP contribution < -0.4 is 10.5 Å². The van der Waals surface area contributed by atoms with Crippen molar-refractivity contribution >= 4 is 10.0 Å². The zero-order valence-corrected chi connectivity index (χ0v) is 13.1. The van der Waals surface area contributed by atoms with E-state index in [4.69, 9.17) is 10.5 Å². The maximum absolute atomic E-state index is 13.8. The first-order chi connectivity index (χ1) is 9.83. The van der Waals surface area contributed by atoms with E-state index in [2.05, 4.69) is 4.72 Å². The van der Waals surface area contributed by atoms with Gasteiger partial charge in [-0.1, -0.05) is 0 Å². The highest BCUT2D eigenvalue weighted by atomic mass is 32.2. The Hall–Kier alpha value is -1.02. The predicted octanol–water partition coefficient (Wildman–Crippen LogP) is 1.44. The summed E-state index contributed by atoms with van der Waals surface area (Å²) in [6.45, 7) is 1.72. The standard InChI is InChI=1S/C14H21FN2O3S/c1-10-12(15)6-11(8-16)7-13(10)21(18,19)17-9-14(20-2)4-3-5-14/h6-7,17H,3-5,8-9,16H2,1-2H3. The van der Waals surface area contributed by atoms with Gasteiger partial charge in [0.2, 0.25) is 10.0 Å². The van der Waals surface area contributed by atoms with E-state index < -0.39 is 21.4 Å². The van der Waals surface area contributed by atoms with Crippen molar-refractivity contribution in [3.63, 3.8) is 0 Å². The molecule has 0 spiro atoms. The smallest absolute Gasteiger partial charge is 0.241 e.